The molecule has 1 aromatic rings. The summed E-state index contributed by atoms with van der Waals surface area (Å²) < 4.78 is 10.3. The van der Waals surface area contributed by atoms with Crippen molar-refractivity contribution in [1.82, 2.24) is 0 Å². The summed E-state index contributed by atoms with van der Waals surface area (Å²) in [4.78, 5) is 10.2. The molecule has 15 heavy (non-hydrogen) atoms. The molecule has 5 heteroatoms. The van der Waals surface area contributed by atoms with Gasteiger partial charge in [0, 0.05) is 0 Å². The van der Waals surface area contributed by atoms with E-state index in [9.17, 15) is 10.1 Å². The van der Waals surface area contributed by atoms with Crippen LogP contribution in [0.3, 0.4) is 0 Å². The Morgan fingerprint density at radius 3 is 2.47 bits per heavy atom. The zero-order valence-electron chi connectivity index (χ0n) is 8.73. The largest absolute Gasteiger partial charge is 0.494 e. The maximum Gasteiger partial charge on any atom is 0.314 e. The normalized spacial score (nSPS) is 9.73. The van der Waals surface area contributed by atoms with Gasteiger partial charge in [0.05, 0.1) is 24.2 Å². The molecule has 0 saturated heterocycles. The zero-order valence-corrected chi connectivity index (χ0v) is 8.73. The average molecular weight is 211 g/mol. The second-order valence-electron chi connectivity index (χ2n) is 2.75. The van der Waals surface area contributed by atoms with Crippen LogP contribution >= 0.6 is 0 Å². The van der Waals surface area contributed by atoms with E-state index in [1.165, 1.54) is 6.07 Å². The molecule has 0 spiro atoms. The fraction of sp³-hybridized carbons (Fsp3) is 0.400. The molecule has 1 rings (SSSR count). The van der Waals surface area contributed by atoms with Crippen LogP contribution in [0.25, 0.3) is 0 Å². The molecule has 0 heterocycles. The van der Waals surface area contributed by atoms with Crippen LogP contribution in [0, 0.1) is 10.1 Å². The van der Waals surface area contributed by atoms with Gasteiger partial charge in [-0.3, -0.25) is 10.1 Å². The van der Waals surface area contributed by atoms with E-state index in [0.29, 0.717) is 19.0 Å². The van der Waals surface area contributed by atoms with Crippen LogP contribution in [0.2, 0.25) is 0 Å². The Balaban J connectivity index is 3.03. The monoisotopic (exact) mass is 211 g/mol. The second-order valence-corrected chi connectivity index (χ2v) is 2.75. The molecule has 0 amide bonds. The number of nitro benzene ring substituents is 1. The first kappa shape index (κ1) is 11.3. The molecular formula is C10H13NO4. The molecule has 0 unspecified atom stereocenters. The number of rotatable bonds is 5. The van der Waals surface area contributed by atoms with Crippen LogP contribution in [0.4, 0.5) is 5.69 Å². The van der Waals surface area contributed by atoms with Gasteiger partial charge in [0.2, 0.25) is 0 Å². The standard InChI is InChI=1S/C10H13NO4/c1-3-14-8-5-6-10(15-4-2)9(7-8)11(12)13/h5-7H,3-4H2,1-2H3. The van der Waals surface area contributed by atoms with Crippen LogP contribution in [-0.2, 0) is 0 Å². The van der Waals surface area contributed by atoms with Crippen molar-refractivity contribution in [2.75, 3.05) is 13.2 Å². The van der Waals surface area contributed by atoms with Gasteiger partial charge in [0.1, 0.15) is 5.75 Å². The molecule has 82 valence electrons. The average Bonchev–Trinajstić information content (AvgIpc) is 2.21. The minimum Gasteiger partial charge on any atom is -0.494 e. The third-order valence-electron chi connectivity index (χ3n) is 1.74. The summed E-state index contributed by atoms with van der Waals surface area (Å²) in [6.45, 7) is 4.47. The Kier molecular flexibility index (Phi) is 3.91. The number of ether oxygens (including phenoxy) is 2. The van der Waals surface area contributed by atoms with Crippen LogP contribution in [0.15, 0.2) is 18.2 Å². The maximum absolute atomic E-state index is 10.7. The smallest absolute Gasteiger partial charge is 0.314 e. The van der Waals surface area contributed by atoms with E-state index in [1.807, 2.05) is 6.92 Å². The van der Waals surface area contributed by atoms with Gasteiger partial charge >= 0.3 is 5.69 Å². The van der Waals surface area contributed by atoms with Gasteiger partial charge in [-0.2, -0.15) is 0 Å². The highest BCUT2D eigenvalue weighted by Crippen LogP contribution is 2.30. The van der Waals surface area contributed by atoms with Crippen molar-refractivity contribution in [3.05, 3.63) is 28.3 Å². The van der Waals surface area contributed by atoms with Crippen LogP contribution in [0.1, 0.15) is 13.8 Å². The molecule has 5 nitrogen and oxygen atoms in total. The lowest BCUT2D eigenvalue weighted by molar-refractivity contribution is -0.385. The molecule has 1 aromatic carbocycles. The predicted molar refractivity (Wildman–Crippen MR) is 55.4 cm³/mol. The van der Waals surface area contributed by atoms with E-state index in [1.54, 1.807) is 19.1 Å². The fourth-order valence-electron chi connectivity index (χ4n) is 1.17. The molecule has 0 aliphatic rings. The summed E-state index contributed by atoms with van der Waals surface area (Å²) in [5.41, 5.74) is -0.0669. The third-order valence-corrected chi connectivity index (χ3v) is 1.74. The molecule has 0 saturated carbocycles. The maximum atomic E-state index is 10.7. The molecule has 0 N–H and O–H groups in total. The molecule has 0 bridgehead atoms. The fourth-order valence-corrected chi connectivity index (χ4v) is 1.17. The number of benzene rings is 1. The highest BCUT2D eigenvalue weighted by molar-refractivity contribution is 5.50. The van der Waals surface area contributed by atoms with E-state index in [0.717, 1.165) is 0 Å². The van der Waals surface area contributed by atoms with Crippen molar-refractivity contribution in [2.24, 2.45) is 0 Å². The Morgan fingerprint density at radius 2 is 1.93 bits per heavy atom. The topological polar surface area (TPSA) is 61.6 Å². The summed E-state index contributed by atoms with van der Waals surface area (Å²) in [5, 5.41) is 10.7. The Bertz CT molecular complexity index is 351. The Morgan fingerprint density at radius 1 is 1.27 bits per heavy atom. The summed E-state index contributed by atoms with van der Waals surface area (Å²) in [6, 6.07) is 4.57. The minimum atomic E-state index is -0.479. The van der Waals surface area contributed by atoms with Crippen LogP contribution in [0.5, 0.6) is 11.5 Å². The Hall–Kier alpha value is -1.78. The number of hydrogen-bond donors (Lipinski definition) is 0. The van der Waals surface area contributed by atoms with E-state index >= 15 is 0 Å². The number of nitro groups is 1. The van der Waals surface area contributed by atoms with Crippen molar-refractivity contribution in [3.63, 3.8) is 0 Å². The molecule has 0 fully saturated rings. The minimum absolute atomic E-state index is 0.0669. The lowest BCUT2D eigenvalue weighted by Gasteiger charge is -2.06. The third kappa shape index (κ3) is 2.83. The van der Waals surface area contributed by atoms with E-state index in [2.05, 4.69) is 0 Å². The first-order valence-corrected chi connectivity index (χ1v) is 4.73. The highest BCUT2D eigenvalue weighted by Gasteiger charge is 2.15. The van der Waals surface area contributed by atoms with Crippen LogP contribution < -0.4 is 9.47 Å². The van der Waals surface area contributed by atoms with Gasteiger partial charge in [-0.05, 0) is 26.0 Å². The number of nitrogens with zero attached hydrogens (tertiary/aromatic N) is 1. The SMILES string of the molecule is CCOc1ccc(OCC)c([N+](=O)[O-])c1. The number of hydrogen-bond acceptors (Lipinski definition) is 4. The van der Waals surface area contributed by atoms with Gasteiger partial charge in [0.15, 0.2) is 5.75 Å². The van der Waals surface area contributed by atoms with Crippen molar-refractivity contribution >= 4 is 5.69 Å². The second kappa shape index (κ2) is 5.19. The molecule has 0 radical (unpaired) electrons. The summed E-state index contributed by atoms with van der Waals surface area (Å²) in [5.74, 6) is 0.749. The van der Waals surface area contributed by atoms with Gasteiger partial charge in [-0.1, -0.05) is 0 Å². The van der Waals surface area contributed by atoms with Gasteiger partial charge in [-0.25, -0.2) is 0 Å². The first-order valence-electron chi connectivity index (χ1n) is 4.73. The molecule has 0 aliphatic heterocycles. The Labute approximate surface area is 87.8 Å². The molecule has 0 atom stereocenters. The van der Waals surface area contributed by atoms with Crippen molar-refractivity contribution in [3.8, 4) is 11.5 Å². The molecular weight excluding hydrogens is 198 g/mol. The quantitative estimate of drug-likeness (QED) is 0.554. The van der Waals surface area contributed by atoms with E-state index in [4.69, 9.17) is 9.47 Å². The first-order chi connectivity index (χ1) is 7.19. The van der Waals surface area contributed by atoms with E-state index in [-0.39, 0.29) is 11.4 Å². The lowest BCUT2D eigenvalue weighted by Crippen LogP contribution is -1.99. The predicted octanol–water partition coefficient (Wildman–Crippen LogP) is 2.39. The van der Waals surface area contributed by atoms with Crippen molar-refractivity contribution < 1.29 is 14.4 Å². The molecule has 0 aliphatic carbocycles. The van der Waals surface area contributed by atoms with E-state index < -0.39 is 4.92 Å². The summed E-state index contributed by atoms with van der Waals surface area (Å²) in [7, 11) is 0. The summed E-state index contributed by atoms with van der Waals surface area (Å²) >= 11 is 0. The van der Waals surface area contributed by atoms with Gasteiger partial charge in [0.25, 0.3) is 0 Å². The highest BCUT2D eigenvalue weighted by atomic mass is 16.6. The van der Waals surface area contributed by atoms with Crippen LogP contribution in [-0.4, -0.2) is 18.1 Å². The lowest BCUT2D eigenvalue weighted by atomic mass is 10.3. The van der Waals surface area contributed by atoms with Gasteiger partial charge < -0.3 is 9.47 Å². The zero-order chi connectivity index (χ0) is 11.3. The van der Waals surface area contributed by atoms with Crippen molar-refractivity contribution in [2.45, 2.75) is 13.8 Å². The van der Waals surface area contributed by atoms with Gasteiger partial charge in [-0.15, -0.1) is 0 Å². The summed E-state index contributed by atoms with van der Waals surface area (Å²) in [6.07, 6.45) is 0. The van der Waals surface area contributed by atoms with Crippen molar-refractivity contribution in [1.29, 1.82) is 0 Å². The molecule has 0 aromatic heterocycles.